The summed E-state index contributed by atoms with van der Waals surface area (Å²) in [4.78, 5) is 24.3. The van der Waals surface area contributed by atoms with E-state index in [1.807, 2.05) is 6.92 Å². The third-order valence-corrected chi connectivity index (χ3v) is 7.03. The number of halogens is 6. The first-order valence-electron chi connectivity index (χ1n) is 11.5. The molecule has 2 aromatic heterocycles. The number of rotatable bonds is 6. The van der Waals surface area contributed by atoms with Crippen LogP contribution in [0.2, 0.25) is 0 Å². The number of hydrogen-bond donors (Lipinski definition) is 0. The highest BCUT2D eigenvalue weighted by molar-refractivity contribution is 7.16. The number of alkyl halides is 6. The van der Waals surface area contributed by atoms with Crippen molar-refractivity contribution < 1.29 is 35.9 Å². The van der Waals surface area contributed by atoms with Crippen molar-refractivity contribution >= 4 is 22.2 Å². The van der Waals surface area contributed by atoms with Gasteiger partial charge in [0, 0.05) is 31.2 Å². The number of aryl methyl sites for hydroxylation is 2. The van der Waals surface area contributed by atoms with Gasteiger partial charge in [0.1, 0.15) is 34.6 Å². The van der Waals surface area contributed by atoms with E-state index in [0.29, 0.717) is 28.5 Å². The highest BCUT2D eigenvalue weighted by Crippen LogP contribution is 2.43. The van der Waals surface area contributed by atoms with Crippen LogP contribution in [-0.2, 0) is 17.5 Å². The molecule has 8 nitrogen and oxygen atoms in total. The van der Waals surface area contributed by atoms with E-state index in [2.05, 4.69) is 19.8 Å². The lowest BCUT2D eigenvalue weighted by Crippen LogP contribution is -2.54. The molecule has 38 heavy (non-hydrogen) atoms. The second-order valence-corrected chi connectivity index (χ2v) is 9.82. The minimum absolute atomic E-state index is 0.00377. The Balaban J connectivity index is 1.53. The minimum atomic E-state index is -4.68. The van der Waals surface area contributed by atoms with Crippen LogP contribution in [0, 0.1) is 13.8 Å². The van der Waals surface area contributed by atoms with E-state index in [0.717, 1.165) is 0 Å². The molecule has 206 valence electrons. The number of benzene rings is 1. The average Bonchev–Trinajstić information content (AvgIpc) is 3.40. The van der Waals surface area contributed by atoms with Gasteiger partial charge < -0.3 is 14.5 Å². The van der Waals surface area contributed by atoms with Gasteiger partial charge in [-0.15, -0.1) is 0 Å². The Hall–Kier alpha value is -3.36. The maximum atomic E-state index is 13.6. The number of carbonyl (C=O) groups excluding carboxylic acids is 1. The second-order valence-electron chi connectivity index (χ2n) is 8.84. The summed E-state index contributed by atoms with van der Waals surface area (Å²) in [6.07, 6.45) is -9.19. The van der Waals surface area contributed by atoms with Crippen molar-refractivity contribution in [3.8, 4) is 17.0 Å². The molecule has 1 aromatic carbocycles. The third kappa shape index (κ3) is 6.37. The van der Waals surface area contributed by atoms with E-state index >= 15 is 0 Å². The smallest absolute Gasteiger partial charge is 0.443 e. The average molecular weight is 563 g/mol. The van der Waals surface area contributed by atoms with Crippen molar-refractivity contribution in [3.05, 3.63) is 40.9 Å². The van der Waals surface area contributed by atoms with Gasteiger partial charge in [-0.2, -0.15) is 31.4 Å². The molecule has 0 spiro atoms. The first kappa shape index (κ1) is 27.7. The van der Waals surface area contributed by atoms with Crippen LogP contribution in [-0.4, -0.2) is 69.0 Å². The Labute approximate surface area is 217 Å². The zero-order chi connectivity index (χ0) is 27.8. The molecule has 3 heterocycles. The van der Waals surface area contributed by atoms with Crippen LogP contribution in [0.4, 0.5) is 31.3 Å². The third-order valence-electron chi connectivity index (χ3n) is 5.86. The highest BCUT2D eigenvalue weighted by atomic mass is 32.1. The predicted molar refractivity (Wildman–Crippen MR) is 127 cm³/mol. The highest BCUT2D eigenvalue weighted by Gasteiger charge is 2.38. The molecule has 0 bridgehead atoms. The molecule has 4 rings (SSSR count). The molecule has 0 radical (unpaired) electrons. The second kappa shape index (κ2) is 10.4. The molecule has 1 fully saturated rings. The fourth-order valence-electron chi connectivity index (χ4n) is 4.15. The van der Waals surface area contributed by atoms with Crippen LogP contribution < -0.4 is 9.64 Å². The Morgan fingerprint density at radius 2 is 1.76 bits per heavy atom. The predicted octanol–water partition coefficient (Wildman–Crippen LogP) is 4.72. The van der Waals surface area contributed by atoms with E-state index in [-0.39, 0.29) is 54.6 Å². The normalized spacial score (nSPS) is 16.7. The van der Waals surface area contributed by atoms with Gasteiger partial charge in [-0.1, -0.05) is 11.3 Å². The van der Waals surface area contributed by atoms with Crippen molar-refractivity contribution in [2.75, 3.05) is 31.1 Å². The van der Waals surface area contributed by atoms with E-state index in [9.17, 15) is 31.1 Å². The number of thiazole rings is 1. The Bertz CT molecular complexity index is 1290. The Morgan fingerprint density at radius 1 is 1.08 bits per heavy atom. The minimum Gasteiger partial charge on any atom is -0.484 e. The molecule has 15 heteroatoms. The monoisotopic (exact) mass is 562 g/mol. The van der Waals surface area contributed by atoms with Gasteiger partial charge >= 0.3 is 12.4 Å². The van der Waals surface area contributed by atoms with Crippen LogP contribution in [0.3, 0.4) is 0 Å². The number of carbonyl (C=O) groups is 1. The quantitative estimate of drug-likeness (QED) is 0.405. The molecule has 1 atom stereocenters. The summed E-state index contributed by atoms with van der Waals surface area (Å²) in [6.45, 7) is 4.60. The number of piperazine rings is 1. The van der Waals surface area contributed by atoms with Crippen LogP contribution >= 0.6 is 11.3 Å². The van der Waals surface area contributed by atoms with E-state index in [4.69, 9.17) is 0 Å². The lowest BCUT2D eigenvalue weighted by molar-refractivity contribution is -0.153. The van der Waals surface area contributed by atoms with Gasteiger partial charge in [-0.3, -0.25) is 4.79 Å². The summed E-state index contributed by atoms with van der Waals surface area (Å²) in [5.74, 6) is 0.898. The topological polar surface area (TPSA) is 76.4 Å². The molecule has 1 unspecified atom stereocenters. The van der Waals surface area contributed by atoms with Crippen molar-refractivity contribution in [1.29, 1.82) is 0 Å². The van der Waals surface area contributed by atoms with Crippen molar-refractivity contribution in [2.24, 2.45) is 0 Å². The summed E-state index contributed by atoms with van der Waals surface area (Å²) in [7, 11) is 0. The molecule has 1 saturated heterocycles. The molecule has 0 aliphatic carbocycles. The van der Waals surface area contributed by atoms with Crippen LogP contribution in [0.25, 0.3) is 11.3 Å². The van der Waals surface area contributed by atoms with Gasteiger partial charge in [0.15, 0.2) is 6.61 Å². The van der Waals surface area contributed by atoms with Crippen LogP contribution in [0.1, 0.15) is 23.6 Å². The number of hydrogen-bond acceptors (Lipinski definition) is 7. The lowest BCUT2D eigenvalue weighted by Gasteiger charge is -2.40. The molecule has 1 aliphatic heterocycles. The van der Waals surface area contributed by atoms with E-state index in [1.165, 1.54) is 28.9 Å². The fourth-order valence-corrected chi connectivity index (χ4v) is 5.14. The standard InChI is InChI=1S/C23H24F6N6O2S/c1-13-10-33(8-9-34(13)18(36)11-35-15(3)30-14(2)32-35)20-19(31-21(38-20)23(27,28)29)16-4-6-17(7-5-16)37-12-22(24,25)26/h4-7,13H,8-12H2,1-3H3. The van der Waals surface area contributed by atoms with Gasteiger partial charge in [-0.25, -0.2) is 14.6 Å². The molecule has 0 saturated carbocycles. The first-order valence-corrected chi connectivity index (χ1v) is 12.3. The summed E-state index contributed by atoms with van der Waals surface area (Å²) >= 11 is 0.489. The zero-order valence-corrected chi connectivity index (χ0v) is 21.4. The number of nitrogens with zero attached hydrogens (tertiary/aromatic N) is 6. The van der Waals surface area contributed by atoms with Gasteiger partial charge in [0.05, 0.1) is 0 Å². The summed E-state index contributed by atoms with van der Waals surface area (Å²) in [5.41, 5.74) is 0.361. The number of amides is 1. The summed E-state index contributed by atoms with van der Waals surface area (Å²) < 4.78 is 84.1. The van der Waals surface area contributed by atoms with Crippen molar-refractivity contribution in [3.63, 3.8) is 0 Å². The largest absolute Gasteiger partial charge is 0.484 e. The summed E-state index contributed by atoms with van der Waals surface area (Å²) in [5, 5.41) is 3.43. The molecular formula is C23H24F6N6O2S. The van der Waals surface area contributed by atoms with Gasteiger partial charge in [0.2, 0.25) is 10.9 Å². The maximum Gasteiger partial charge on any atom is 0.443 e. The molecule has 3 aromatic rings. The SMILES string of the molecule is Cc1nc(C)n(CC(=O)N2CCN(c3sc(C(F)(F)F)nc3-c3ccc(OCC(F)(F)F)cc3)CC2C)n1. The molecule has 1 aliphatic rings. The molecular weight excluding hydrogens is 538 g/mol. The molecule has 1 amide bonds. The maximum absolute atomic E-state index is 13.6. The van der Waals surface area contributed by atoms with Gasteiger partial charge in [-0.05, 0) is 45.0 Å². The molecule has 0 N–H and O–H groups in total. The van der Waals surface area contributed by atoms with Gasteiger partial charge in [0.25, 0.3) is 0 Å². The fraction of sp³-hybridized carbons (Fsp3) is 0.478. The van der Waals surface area contributed by atoms with Crippen molar-refractivity contribution in [1.82, 2.24) is 24.6 Å². The Morgan fingerprint density at radius 3 is 2.32 bits per heavy atom. The number of ether oxygens (including phenoxy) is 1. The first-order chi connectivity index (χ1) is 17.7. The van der Waals surface area contributed by atoms with Crippen molar-refractivity contribution in [2.45, 2.75) is 45.7 Å². The lowest BCUT2D eigenvalue weighted by atomic mass is 10.1. The zero-order valence-electron chi connectivity index (χ0n) is 20.6. The van der Waals surface area contributed by atoms with E-state index in [1.54, 1.807) is 23.6 Å². The number of anilines is 1. The van der Waals surface area contributed by atoms with Crippen LogP contribution in [0.5, 0.6) is 5.75 Å². The number of aromatic nitrogens is 4. The Kier molecular flexibility index (Phi) is 7.59. The summed E-state index contributed by atoms with van der Waals surface area (Å²) in [6, 6.07) is 4.94. The van der Waals surface area contributed by atoms with E-state index < -0.39 is 24.0 Å². The van der Waals surface area contributed by atoms with Crippen LogP contribution in [0.15, 0.2) is 24.3 Å².